The van der Waals surface area contributed by atoms with Gasteiger partial charge in [-0.1, -0.05) is 41.5 Å². The maximum absolute atomic E-state index is 4.04. The smallest absolute Gasteiger partial charge is 0.538 e. The average molecular weight is 599 g/mol. The van der Waals surface area contributed by atoms with E-state index in [0.29, 0.717) is 0 Å². The van der Waals surface area contributed by atoms with E-state index in [1.165, 1.54) is 19.3 Å². The van der Waals surface area contributed by atoms with Crippen LogP contribution in [0.4, 0.5) is 0 Å². The van der Waals surface area contributed by atoms with E-state index in [0.717, 1.165) is 58.9 Å². The molecule has 0 spiro atoms. The van der Waals surface area contributed by atoms with Crippen LogP contribution in [0.1, 0.15) is 81.6 Å². The van der Waals surface area contributed by atoms with Gasteiger partial charge in [0.05, 0.1) is 0 Å². The molecule has 192 valence electrons. The Bertz CT molecular complexity index is 331. The van der Waals surface area contributed by atoms with Gasteiger partial charge in [-0.2, -0.15) is 0 Å². The van der Waals surface area contributed by atoms with E-state index in [1.807, 2.05) is 20.8 Å². The van der Waals surface area contributed by atoms with Crippen LogP contribution in [0, 0.1) is 36.9 Å². The van der Waals surface area contributed by atoms with E-state index >= 15 is 0 Å². The normalized spacial score (nSPS) is 10.4. The van der Waals surface area contributed by atoms with E-state index < -0.39 is 0 Å². The summed E-state index contributed by atoms with van der Waals surface area (Å²) in [5, 5.41) is 0. The Morgan fingerprint density at radius 2 is 0.677 bits per heavy atom. The standard InChI is InChI=1S/3C8H17N2.Lu/c3*1-4-7-10(6-3)8-9-5-2;/h3*4-7H2,1-3H3;/q3*-1;+3. The number of hydrogen-bond donors (Lipinski definition) is 0. The van der Waals surface area contributed by atoms with Crippen LogP contribution in [0.25, 0.3) is 0 Å². The summed E-state index contributed by atoms with van der Waals surface area (Å²) in [6.45, 7) is 27.7. The molecule has 31 heavy (non-hydrogen) atoms. The van der Waals surface area contributed by atoms with Crippen molar-refractivity contribution in [2.75, 3.05) is 58.9 Å². The summed E-state index contributed by atoms with van der Waals surface area (Å²) in [6, 6.07) is 0. The minimum Gasteiger partial charge on any atom is -0.538 e. The third-order valence-electron chi connectivity index (χ3n) is 3.74. The second kappa shape index (κ2) is 34.3. The largest absolute Gasteiger partial charge is 3.00 e. The maximum atomic E-state index is 4.04. The molecule has 0 aromatic rings. The first-order chi connectivity index (χ1) is 14.5. The number of rotatable bonds is 15. The summed E-state index contributed by atoms with van der Waals surface area (Å²) in [7, 11) is 0. The topological polar surface area (TPSA) is 46.8 Å². The summed E-state index contributed by atoms with van der Waals surface area (Å²) >= 11 is 0. The fraction of sp³-hybridized carbons (Fsp3) is 0.875. The monoisotopic (exact) mass is 598 g/mol. The molecule has 0 saturated heterocycles. The van der Waals surface area contributed by atoms with Crippen LogP contribution in [-0.2, 0) is 0 Å². The summed E-state index contributed by atoms with van der Waals surface area (Å²) < 4.78 is 0. The van der Waals surface area contributed by atoms with E-state index in [4.69, 9.17) is 0 Å². The Kier molecular flexibility index (Phi) is 41.9. The van der Waals surface area contributed by atoms with Crippen molar-refractivity contribution in [2.45, 2.75) is 81.6 Å². The van der Waals surface area contributed by atoms with Crippen molar-refractivity contribution in [3.05, 3.63) is 0 Å². The van der Waals surface area contributed by atoms with Crippen LogP contribution in [0.5, 0.6) is 0 Å². The zero-order chi connectivity index (χ0) is 23.5. The molecule has 0 N–H and O–H groups in total. The van der Waals surface area contributed by atoms with Crippen LogP contribution in [0.2, 0.25) is 0 Å². The quantitative estimate of drug-likeness (QED) is 0.116. The number of hydrogen-bond acceptors (Lipinski definition) is 3. The Hall–Kier alpha value is -0.356. The molecule has 0 aliphatic heterocycles. The molecule has 0 aliphatic rings. The van der Waals surface area contributed by atoms with Gasteiger partial charge in [0.25, 0.3) is 0 Å². The van der Waals surface area contributed by atoms with Gasteiger partial charge in [0.1, 0.15) is 0 Å². The van der Waals surface area contributed by atoms with Crippen LogP contribution in [-0.4, -0.2) is 92.6 Å². The molecule has 0 rings (SSSR count). The summed E-state index contributed by atoms with van der Waals surface area (Å²) in [6.07, 6.45) is 12.4. The van der Waals surface area contributed by atoms with Gasteiger partial charge in [-0.15, -0.1) is 0 Å². The molecular formula is C24H51LuN6. The van der Waals surface area contributed by atoms with Crippen LogP contribution < -0.4 is 0 Å². The molecule has 0 radical (unpaired) electrons. The number of aliphatic imine (C=N–C) groups is 3. The molecule has 0 saturated carbocycles. The molecule has 0 aliphatic carbocycles. The fourth-order valence-electron chi connectivity index (χ4n) is 2.16. The Morgan fingerprint density at radius 3 is 0.806 bits per heavy atom. The zero-order valence-electron chi connectivity index (χ0n) is 21.9. The Labute approximate surface area is 224 Å². The third-order valence-corrected chi connectivity index (χ3v) is 3.74. The summed E-state index contributed by atoms with van der Waals surface area (Å²) in [5.41, 5.74) is 0. The van der Waals surface area contributed by atoms with Crippen molar-refractivity contribution in [3.8, 4) is 0 Å². The van der Waals surface area contributed by atoms with Gasteiger partial charge in [0.2, 0.25) is 0 Å². The van der Waals surface area contributed by atoms with E-state index in [9.17, 15) is 0 Å². The van der Waals surface area contributed by atoms with Gasteiger partial charge in [0.15, 0.2) is 0 Å². The van der Waals surface area contributed by atoms with Gasteiger partial charge in [-0.05, 0) is 98.9 Å². The van der Waals surface area contributed by atoms with Crippen molar-refractivity contribution in [1.82, 2.24) is 14.7 Å². The zero-order valence-corrected chi connectivity index (χ0v) is 23.6. The van der Waals surface area contributed by atoms with Crippen molar-refractivity contribution < 1.29 is 36.9 Å². The van der Waals surface area contributed by atoms with Gasteiger partial charge >= 0.3 is 36.9 Å². The minimum absolute atomic E-state index is 0. The van der Waals surface area contributed by atoms with Crippen molar-refractivity contribution in [3.63, 3.8) is 0 Å². The molecule has 0 bridgehead atoms. The van der Waals surface area contributed by atoms with Gasteiger partial charge in [0, 0.05) is 0 Å². The Morgan fingerprint density at radius 1 is 0.452 bits per heavy atom. The maximum Gasteiger partial charge on any atom is 3.00 e. The molecule has 0 unspecified atom stereocenters. The predicted octanol–water partition coefficient (Wildman–Crippen LogP) is 4.93. The van der Waals surface area contributed by atoms with Crippen LogP contribution >= 0.6 is 0 Å². The number of nitrogens with zero attached hydrogens (tertiary/aromatic N) is 6. The van der Waals surface area contributed by atoms with Gasteiger partial charge in [-0.3, -0.25) is 19.0 Å². The van der Waals surface area contributed by atoms with E-state index in [-0.39, 0.29) is 36.9 Å². The average Bonchev–Trinajstić information content (AvgIpc) is 2.77. The van der Waals surface area contributed by atoms with Crippen molar-refractivity contribution in [1.29, 1.82) is 0 Å². The van der Waals surface area contributed by atoms with Gasteiger partial charge in [-0.25, -0.2) is 0 Å². The van der Waals surface area contributed by atoms with Crippen molar-refractivity contribution >= 4 is 19.0 Å². The molecule has 0 fully saturated rings. The predicted molar refractivity (Wildman–Crippen MR) is 137 cm³/mol. The van der Waals surface area contributed by atoms with E-state index in [2.05, 4.69) is 90.2 Å². The molecule has 0 amide bonds. The fourth-order valence-corrected chi connectivity index (χ4v) is 2.16. The molecule has 6 nitrogen and oxygen atoms in total. The van der Waals surface area contributed by atoms with Crippen LogP contribution in [0.3, 0.4) is 0 Å². The Balaban J connectivity index is -0.000000174. The second-order valence-electron chi connectivity index (χ2n) is 6.46. The first kappa shape index (κ1) is 37.9. The SMILES string of the molecule is CCCN([C-]=NCC)CC.CCCN([C-]=NCC)CC.CCCN([C-]=NCC)CC.[Lu+3]. The molecule has 0 aromatic carbocycles. The van der Waals surface area contributed by atoms with Crippen molar-refractivity contribution in [2.24, 2.45) is 15.0 Å². The first-order valence-corrected chi connectivity index (χ1v) is 12.1. The summed E-state index contributed by atoms with van der Waals surface area (Å²) in [5.74, 6) is 0. The summed E-state index contributed by atoms with van der Waals surface area (Å²) in [4.78, 5) is 18.4. The molecule has 7 heteroatoms. The second-order valence-corrected chi connectivity index (χ2v) is 6.46. The third kappa shape index (κ3) is 31.9. The van der Waals surface area contributed by atoms with Crippen LogP contribution in [0.15, 0.2) is 15.0 Å². The minimum atomic E-state index is 0. The first-order valence-electron chi connectivity index (χ1n) is 12.1. The molecule has 0 atom stereocenters. The molecule has 0 heterocycles. The molecule has 0 aromatic heterocycles. The molecular weight excluding hydrogens is 547 g/mol. The van der Waals surface area contributed by atoms with E-state index in [1.54, 1.807) is 0 Å². The van der Waals surface area contributed by atoms with Gasteiger partial charge < -0.3 is 29.7 Å².